The highest BCUT2D eigenvalue weighted by Crippen LogP contribution is 2.28. The van der Waals surface area contributed by atoms with E-state index in [1.54, 1.807) is 6.08 Å². The third kappa shape index (κ3) is 4.69. The van der Waals surface area contributed by atoms with E-state index in [9.17, 15) is 0 Å². The number of rotatable bonds is 6. The van der Waals surface area contributed by atoms with Crippen LogP contribution in [0.15, 0.2) is 55.1 Å². The summed E-state index contributed by atoms with van der Waals surface area (Å²) in [5.41, 5.74) is 2.34. The van der Waals surface area contributed by atoms with Gasteiger partial charge < -0.3 is 9.64 Å². The van der Waals surface area contributed by atoms with Crippen LogP contribution in [0.3, 0.4) is 0 Å². The molecule has 0 bridgehead atoms. The molecule has 1 aliphatic rings. The molecule has 0 saturated carbocycles. The number of benzene rings is 2. The van der Waals surface area contributed by atoms with Crippen molar-refractivity contribution in [2.75, 3.05) is 37.7 Å². The Labute approximate surface area is 159 Å². The molecule has 0 unspecified atom stereocenters. The number of hydrogen-bond acceptors (Lipinski definition) is 3. The van der Waals surface area contributed by atoms with Crippen LogP contribution in [-0.4, -0.2) is 37.7 Å². The Morgan fingerprint density at radius 3 is 2.48 bits per heavy atom. The molecule has 3 rings (SSSR count). The van der Waals surface area contributed by atoms with Crippen molar-refractivity contribution in [3.63, 3.8) is 0 Å². The van der Waals surface area contributed by atoms with Crippen molar-refractivity contribution in [3.8, 4) is 5.75 Å². The number of para-hydroxylation sites is 1. The Balaban J connectivity index is 1.59. The number of ether oxygens (including phenoxy) is 1. The van der Waals surface area contributed by atoms with Gasteiger partial charge in [-0.15, -0.1) is 0 Å². The van der Waals surface area contributed by atoms with E-state index in [4.69, 9.17) is 27.9 Å². The summed E-state index contributed by atoms with van der Waals surface area (Å²) < 4.78 is 5.76. The lowest BCUT2D eigenvalue weighted by molar-refractivity contribution is 0.244. The number of anilines is 1. The number of nitrogens with zero attached hydrogens (tertiary/aromatic N) is 2. The van der Waals surface area contributed by atoms with Gasteiger partial charge >= 0.3 is 0 Å². The first-order valence-electron chi connectivity index (χ1n) is 8.41. The van der Waals surface area contributed by atoms with E-state index in [1.165, 1.54) is 5.56 Å². The summed E-state index contributed by atoms with van der Waals surface area (Å²) in [6.45, 7) is 9.06. The number of piperazine rings is 1. The summed E-state index contributed by atoms with van der Waals surface area (Å²) in [4.78, 5) is 4.79. The molecule has 2 aromatic carbocycles. The summed E-state index contributed by atoms with van der Waals surface area (Å²) in [6, 6.07) is 14.0. The molecule has 1 aliphatic heterocycles. The van der Waals surface area contributed by atoms with Crippen molar-refractivity contribution < 1.29 is 4.74 Å². The predicted molar refractivity (Wildman–Crippen MR) is 106 cm³/mol. The molecule has 0 atom stereocenters. The van der Waals surface area contributed by atoms with Gasteiger partial charge in [-0.3, -0.25) is 4.90 Å². The van der Waals surface area contributed by atoms with Gasteiger partial charge in [0.15, 0.2) is 0 Å². The molecule has 0 aliphatic carbocycles. The fourth-order valence-electron chi connectivity index (χ4n) is 3.01. The fraction of sp³-hybridized carbons (Fsp3) is 0.300. The van der Waals surface area contributed by atoms with Crippen molar-refractivity contribution in [3.05, 3.63) is 70.7 Å². The maximum absolute atomic E-state index is 6.14. The molecule has 0 N–H and O–H groups in total. The zero-order valence-corrected chi connectivity index (χ0v) is 15.6. The van der Waals surface area contributed by atoms with E-state index < -0.39 is 0 Å². The Kier molecular flexibility index (Phi) is 6.24. The Bertz CT molecular complexity index is 727. The lowest BCUT2D eigenvalue weighted by Gasteiger charge is -2.36. The van der Waals surface area contributed by atoms with Crippen LogP contribution in [0, 0.1) is 0 Å². The maximum atomic E-state index is 6.14. The molecule has 1 saturated heterocycles. The highest BCUT2D eigenvalue weighted by Gasteiger charge is 2.19. The first-order valence-corrected chi connectivity index (χ1v) is 9.17. The van der Waals surface area contributed by atoms with Gasteiger partial charge in [0.2, 0.25) is 0 Å². The van der Waals surface area contributed by atoms with Crippen molar-refractivity contribution >= 4 is 28.9 Å². The lowest BCUT2D eigenvalue weighted by Crippen LogP contribution is -2.46. The Morgan fingerprint density at radius 1 is 1.00 bits per heavy atom. The van der Waals surface area contributed by atoms with E-state index in [-0.39, 0.29) is 0 Å². The van der Waals surface area contributed by atoms with Gasteiger partial charge in [-0.2, -0.15) is 0 Å². The molecular formula is C20H22Cl2N2O. The number of hydrogen-bond donors (Lipinski definition) is 0. The first-order chi connectivity index (χ1) is 12.2. The Hall–Kier alpha value is -1.68. The SMILES string of the molecule is C=CCOc1ccccc1CN1CCN(c2ccc(Cl)c(Cl)c2)CC1. The molecule has 0 amide bonds. The van der Waals surface area contributed by atoms with Crippen LogP contribution in [0.2, 0.25) is 10.0 Å². The summed E-state index contributed by atoms with van der Waals surface area (Å²) in [6.07, 6.45) is 1.77. The zero-order valence-electron chi connectivity index (χ0n) is 14.1. The quantitative estimate of drug-likeness (QED) is 0.668. The molecule has 1 heterocycles. The summed E-state index contributed by atoms with van der Waals surface area (Å²) in [5, 5.41) is 1.20. The maximum Gasteiger partial charge on any atom is 0.124 e. The molecule has 2 aromatic rings. The average Bonchev–Trinajstić information content (AvgIpc) is 2.64. The minimum absolute atomic E-state index is 0.530. The molecule has 25 heavy (non-hydrogen) atoms. The van der Waals surface area contributed by atoms with Crippen molar-refractivity contribution in [2.45, 2.75) is 6.54 Å². The lowest BCUT2D eigenvalue weighted by atomic mass is 10.1. The van der Waals surface area contributed by atoms with Crippen LogP contribution in [0.25, 0.3) is 0 Å². The highest BCUT2D eigenvalue weighted by atomic mass is 35.5. The summed E-state index contributed by atoms with van der Waals surface area (Å²) in [7, 11) is 0. The van der Waals surface area contributed by atoms with Crippen LogP contribution in [0.4, 0.5) is 5.69 Å². The van der Waals surface area contributed by atoms with Gasteiger partial charge in [0.1, 0.15) is 12.4 Å². The van der Waals surface area contributed by atoms with Crippen molar-refractivity contribution in [2.24, 2.45) is 0 Å². The zero-order chi connectivity index (χ0) is 17.6. The van der Waals surface area contributed by atoms with E-state index in [0.29, 0.717) is 16.7 Å². The molecule has 0 aromatic heterocycles. The van der Waals surface area contributed by atoms with Crippen LogP contribution in [0.5, 0.6) is 5.75 Å². The van der Waals surface area contributed by atoms with Gasteiger partial charge in [0, 0.05) is 44.0 Å². The van der Waals surface area contributed by atoms with E-state index in [0.717, 1.165) is 44.2 Å². The predicted octanol–water partition coefficient (Wildman–Crippen LogP) is 4.88. The summed E-state index contributed by atoms with van der Waals surface area (Å²) >= 11 is 12.1. The first kappa shape index (κ1) is 18.1. The van der Waals surface area contributed by atoms with Crippen LogP contribution in [0.1, 0.15) is 5.56 Å². The molecule has 1 fully saturated rings. The van der Waals surface area contributed by atoms with Crippen LogP contribution in [-0.2, 0) is 6.54 Å². The minimum Gasteiger partial charge on any atom is -0.489 e. The van der Waals surface area contributed by atoms with E-state index in [2.05, 4.69) is 28.5 Å². The van der Waals surface area contributed by atoms with Gasteiger partial charge in [0.05, 0.1) is 10.0 Å². The standard InChI is InChI=1S/C20H22Cl2N2O/c1-2-13-25-20-6-4-3-5-16(20)15-23-9-11-24(12-10-23)17-7-8-18(21)19(22)14-17/h2-8,14H,1,9-13,15H2. The van der Waals surface area contributed by atoms with Gasteiger partial charge in [-0.1, -0.05) is 54.1 Å². The monoisotopic (exact) mass is 376 g/mol. The minimum atomic E-state index is 0.530. The van der Waals surface area contributed by atoms with Gasteiger partial charge in [-0.05, 0) is 24.3 Å². The van der Waals surface area contributed by atoms with E-state index in [1.807, 2.05) is 30.3 Å². The molecular weight excluding hydrogens is 355 g/mol. The molecule has 0 spiro atoms. The van der Waals surface area contributed by atoms with Crippen molar-refractivity contribution in [1.29, 1.82) is 0 Å². The van der Waals surface area contributed by atoms with Crippen molar-refractivity contribution in [1.82, 2.24) is 4.90 Å². The fourth-order valence-corrected chi connectivity index (χ4v) is 3.30. The second kappa shape index (κ2) is 8.61. The highest BCUT2D eigenvalue weighted by molar-refractivity contribution is 6.42. The second-order valence-corrected chi connectivity index (χ2v) is 6.88. The third-order valence-electron chi connectivity index (χ3n) is 4.36. The van der Waals surface area contributed by atoms with Gasteiger partial charge in [0.25, 0.3) is 0 Å². The largest absolute Gasteiger partial charge is 0.489 e. The second-order valence-electron chi connectivity index (χ2n) is 6.07. The molecule has 5 heteroatoms. The van der Waals surface area contributed by atoms with Crippen LogP contribution < -0.4 is 9.64 Å². The molecule has 132 valence electrons. The van der Waals surface area contributed by atoms with Crippen LogP contribution >= 0.6 is 23.2 Å². The topological polar surface area (TPSA) is 15.7 Å². The average molecular weight is 377 g/mol. The molecule has 3 nitrogen and oxygen atoms in total. The Morgan fingerprint density at radius 2 is 1.76 bits per heavy atom. The third-order valence-corrected chi connectivity index (χ3v) is 5.10. The smallest absolute Gasteiger partial charge is 0.124 e. The normalized spacial score (nSPS) is 15.2. The van der Waals surface area contributed by atoms with Gasteiger partial charge in [-0.25, -0.2) is 0 Å². The number of halogens is 2. The molecule has 0 radical (unpaired) electrons. The van der Waals surface area contributed by atoms with E-state index >= 15 is 0 Å². The summed E-state index contributed by atoms with van der Waals surface area (Å²) in [5.74, 6) is 0.939.